The topological polar surface area (TPSA) is 66.4 Å². The Hall–Kier alpha value is -2.17. The van der Waals surface area contributed by atoms with Crippen LogP contribution in [-0.4, -0.2) is 29.7 Å². The molecule has 0 fully saturated rings. The van der Waals surface area contributed by atoms with Gasteiger partial charge in [0.15, 0.2) is 6.04 Å². The third-order valence-corrected chi connectivity index (χ3v) is 2.71. The van der Waals surface area contributed by atoms with Gasteiger partial charge in [-0.1, -0.05) is 36.4 Å². The van der Waals surface area contributed by atoms with Gasteiger partial charge in [-0.15, -0.1) is 6.58 Å². The van der Waals surface area contributed by atoms with E-state index >= 15 is 0 Å². The molecule has 0 spiro atoms. The van der Waals surface area contributed by atoms with E-state index in [-0.39, 0.29) is 12.3 Å². The Balaban J connectivity index is 2.64. The van der Waals surface area contributed by atoms with Crippen LogP contribution in [0, 0.1) is 0 Å². The molecule has 0 radical (unpaired) electrons. The molecule has 0 aliphatic heterocycles. The Morgan fingerprint density at radius 3 is 2.47 bits per heavy atom. The maximum absolute atomic E-state index is 12.4. The van der Waals surface area contributed by atoms with E-state index in [1.165, 1.54) is 0 Å². The van der Waals surface area contributed by atoms with Crippen molar-refractivity contribution < 1.29 is 19.1 Å². The summed E-state index contributed by atoms with van der Waals surface area (Å²) in [4.78, 5) is 22.3. The fraction of sp³-hybridized carbons (Fsp3) is 0.286. The highest BCUT2D eigenvalue weighted by molar-refractivity contribution is 5.84. The zero-order valence-corrected chi connectivity index (χ0v) is 10.4. The Bertz CT molecular complexity index is 447. The molecule has 2 unspecified atom stereocenters. The minimum Gasteiger partial charge on any atom is -0.480 e. The van der Waals surface area contributed by atoms with Crippen LogP contribution in [0.15, 0.2) is 43.0 Å². The third-order valence-electron chi connectivity index (χ3n) is 2.71. The molecule has 0 saturated carbocycles. The zero-order chi connectivity index (χ0) is 14.3. The van der Waals surface area contributed by atoms with Crippen molar-refractivity contribution in [3.8, 4) is 0 Å². The van der Waals surface area contributed by atoms with E-state index in [0.29, 0.717) is 0 Å². The molecule has 1 aromatic rings. The number of hydrogen-bond acceptors (Lipinski definition) is 2. The van der Waals surface area contributed by atoms with E-state index in [9.17, 15) is 14.0 Å². The number of rotatable bonds is 7. The lowest BCUT2D eigenvalue weighted by atomic mass is 9.95. The molecular formula is C14H16FNO3. The monoisotopic (exact) mass is 265 g/mol. The first-order chi connectivity index (χ1) is 9.08. The smallest absolute Gasteiger partial charge is 0.328 e. The van der Waals surface area contributed by atoms with E-state index in [0.717, 1.165) is 5.56 Å². The lowest BCUT2D eigenvalue weighted by molar-refractivity contribution is -0.142. The number of nitrogens with one attached hydrogen (secondary N) is 1. The van der Waals surface area contributed by atoms with Gasteiger partial charge < -0.3 is 10.4 Å². The number of carboxylic acids is 1. The fourth-order valence-corrected chi connectivity index (χ4v) is 1.66. The summed E-state index contributed by atoms with van der Waals surface area (Å²) in [6.45, 7) is 2.52. The van der Waals surface area contributed by atoms with Gasteiger partial charge in [0.2, 0.25) is 5.91 Å². The van der Waals surface area contributed by atoms with Gasteiger partial charge in [-0.25, -0.2) is 9.18 Å². The number of alkyl halides is 1. The number of carbonyl (C=O) groups is 2. The SMILES string of the molecule is C=CC(CC(=O)NC(CF)C(=O)O)c1ccccc1. The normalized spacial score (nSPS) is 13.3. The first-order valence-corrected chi connectivity index (χ1v) is 5.84. The average Bonchev–Trinajstić information content (AvgIpc) is 2.42. The van der Waals surface area contributed by atoms with Crippen LogP contribution in [-0.2, 0) is 9.59 Å². The van der Waals surface area contributed by atoms with Crippen molar-refractivity contribution in [2.75, 3.05) is 6.67 Å². The standard InChI is InChI=1S/C14H16FNO3/c1-2-10(11-6-4-3-5-7-11)8-13(17)16-12(9-15)14(18)19/h2-7,10,12H,1,8-9H2,(H,16,17)(H,18,19). The van der Waals surface area contributed by atoms with Gasteiger partial charge in [0.1, 0.15) is 6.67 Å². The van der Waals surface area contributed by atoms with Crippen LogP contribution in [0.4, 0.5) is 4.39 Å². The molecule has 0 aromatic heterocycles. The van der Waals surface area contributed by atoms with Crippen molar-refractivity contribution in [2.24, 2.45) is 0 Å². The van der Waals surface area contributed by atoms with E-state index in [4.69, 9.17) is 5.11 Å². The summed E-state index contributed by atoms with van der Waals surface area (Å²) in [5, 5.41) is 10.8. The van der Waals surface area contributed by atoms with Crippen molar-refractivity contribution in [2.45, 2.75) is 18.4 Å². The summed E-state index contributed by atoms with van der Waals surface area (Å²) < 4.78 is 12.4. The van der Waals surface area contributed by atoms with Crippen LogP contribution < -0.4 is 5.32 Å². The largest absolute Gasteiger partial charge is 0.480 e. The van der Waals surface area contributed by atoms with Crippen molar-refractivity contribution in [3.63, 3.8) is 0 Å². The first-order valence-electron chi connectivity index (χ1n) is 5.84. The van der Waals surface area contributed by atoms with E-state index < -0.39 is 24.6 Å². The third kappa shape index (κ3) is 4.54. The summed E-state index contributed by atoms with van der Waals surface area (Å²) in [7, 11) is 0. The molecule has 0 aliphatic carbocycles. The van der Waals surface area contributed by atoms with Crippen molar-refractivity contribution in [3.05, 3.63) is 48.6 Å². The number of hydrogen-bond donors (Lipinski definition) is 2. The van der Waals surface area contributed by atoms with Crippen molar-refractivity contribution >= 4 is 11.9 Å². The number of amides is 1. The quantitative estimate of drug-likeness (QED) is 0.740. The van der Waals surface area contributed by atoms with Gasteiger partial charge in [0.25, 0.3) is 0 Å². The fourth-order valence-electron chi connectivity index (χ4n) is 1.66. The second-order valence-corrected chi connectivity index (χ2v) is 4.07. The molecule has 0 saturated heterocycles. The molecule has 0 aliphatic rings. The summed E-state index contributed by atoms with van der Waals surface area (Å²) in [6.07, 6.45) is 1.65. The Kier molecular flexibility index (Phi) is 5.73. The molecule has 0 bridgehead atoms. The summed E-state index contributed by atoms with van der Waals surface area (Å²) in [5.74, 6) is -2.13. The van der Waals surface area contributed by atoms with Gasteiger partial charge in [0, 0.05) is 12.3 Å². The molecule has 2 N–H and O–H groups in total. The second-order valence-electron chi connectivity index (χ2n) is 4.07. The maximum Gasteiger partial charge on any atom is 0.328 e. The molecule has 1 aromatic carbocycles. The number of benzene rings is 1. The number of carboxylic acid groups (broad SMARTS) is 1. The molecule has 0 heterocycles. The number of carbonyl (C=O) groups excluding carboxylic acids is 1. The summed E-state index contributed by atoms with van der Waals surface area (Å²) in [6, 6.07) is 7.74. The van der Waals surface area contributed by atoms with Gasteiger partial charge >= 0.3 is 5.97 Å². The van der Waals surface area contributed by atoms with Crippen LogP contribution >= 0.6 is 0 Å². The van der Waals surface area contributed by atoms with Crippen LogP contribution in [0.5, 0.6) is 0 Å². The van der Waals surface area contributed by atoms with Gasteiger partial charge in [-0.2, -0.15) is 0 Å². The van der Waals surface area contributed by atoms with E-state index in [2.05, 4.69) is 11.9 Å². The van der Waals surface area contributed by atoms with Crippen LogP contribution in [0.2, 0.25) is 0 Å². The molecule has 102 valence electrons. The lowest BCUT2D eigenvalue weighted by Gasteiger charge is -2.15. The molecule has 19 heavy (non-hydrogen) atoms. The predicted octanol–water partition coefficient (Wildman–Crippen LogP) is 1.89. The van der Waals surface area contributed by atoms with Crippen molar-refractivity contribution in [1.29, 1.82) is 0 Å². The number of allylic oxidation sites excluding steroid dienone is 1. The van der Waals surface area contributed by atoms with Gasteiger partial charge in [0.05, 0.1) is 0 Å². The van der Waals surface area contributed by atoms with Crippen LogP contribution in [0.1, 0.15) is 17.9 Å². The van der Waals surface area contributed by atoms with E-state index in [1.807, 2.05) is 30.3 Å². The molecular weight excluding hydrogens is 249 g/mol. The Labute approximate surface area is 110 Å². The highest BCUT2D eigenvalue weighted by atomic mass is 19.1. The summed E-state index contributed by atoms with van der Waals surface area (Å²) >= 11 is 0. The highest BCUT2D eigenvalue weighted by Crippen LogP contribution is 2.20. The Morgan fingerprint density at radius 2 is 2.00 bits per heavy atom. The molecule has 5 heteroatoms. The lowest BCUT2D eigenvalue weighted by Crippen LogP contribution is -2.42. The van der Waals surface area contributed by atoms with Gasteiger partial charge in [-0.05, 0) is 5.56 Å². The zero-order valence-electron chi connectivity index (χ0n) is 10.4. The van der Waals surface area contributed by atoms with Crippen LogP contribution in [0.25, 0.3) is 0 Å². The minimum absolute atomic E-state index is 0.0390. The van der Waals surface area contributed by atoms with Crippen LogP contribution in [0.3, 0.4) is 0 Å². The number of aliphatic carboxylic acids is 1. The first kappa shape index (κ1) is 14.9. The average molecular weight is 265 g/mol. The molecule has 1 rings (SSSR count). The van der Waals surface area contributed by atoms with Crippen molar-refractivity contribution in [1.82, 2.24) is 5.32 Å². The van der Waals surface area contributed by atoms with Gasteiger partial charge in [-0.3, -0.25) is 4.79 Å². The molecule has 1 amide bonds. The summed E-state index contributed by atoms with van der Waals surface area (Å²) in [5.41, 5.74) is 0.903. The minimum atomic E-state index is -1.49. The molecule has 2 atom stereocenters. The Morgan fingerprint density at radius 1 is 1.37 bits per heavy atom. The maximum atomic E-state index is 12.4. The molecule has 4 nitrogen and oxygen atoms in total. The van der Waals surface area contributed by atoms with E-state index in [1.54, 1.807) is 6.08 Å². The second kappa shape index (κ2) is 7.31. The highest BCUT2D eigenvalue weighted by Gasteiger charge is 2.21. The predicted molar refractivity (Wildman–Crippen MR) is 69.5 cm³/mol. The number of halogens is 1.